The van der Waals surface area contributed by atoms with E-state index in [1.165, 1.54) is 5.56 Å². The van der Waals surface area contributed by atoms with E-state index in [0.717, 1.165) is 16.6 Å². The molecule has 0 aliphatic heterocycles. The Bertz CT molecular complexity index is 1240. The number of hydrogen-bond donors (Lipinski definition) is 1. The lowest BCUT2D eigenvalue weighted by Crippen LogP contribution is -1.84. The van der Waals surface area contributed by atoms with Crippen molar-refractivity contribution in [3.63, 3.8) is 0 Å². The van der Waals surface area contributed by atoms with E-state index < -0.39 is 0 Å². The van der Waals surface area contributed by atoms with Gasteiger partial charge in [-0.05, 0) is 61.4 Å². The number of aromatic nitrogens is 2. The highest BCUT2D eigenvalue weighted by molar-refractivity contribution is 6.43. The van der Waals surface area contributed by atoms with E-state index in [2.05, 4.69) is 16.0 Å². The molecule has 28 heavy (non-hydrogen) atoms. The van der Waals surface area contributed by atoms with Crippen LogP contribution in [-0.4, -0.2) is 9.97 Å². The first-order valence-corrected chi connectivity index (χ1v) is 9.35. The summed E-state index contributed by atoms with van der Waals surface area (Å²) < 4.78 is 5.86. The molecule has 0 saturated heterocycles. The largest absolute Gasteiger partial charge is 0.457 e. The van der Waals surface area contributed by atoms with Crippen LogP contribution >= 0.6 is 23.2 Å². The van der Waals surface area contributed by atoms with Crippen LogP contribution in [0.3, 0.4) is 0 Å². The average Bonchev–Trinajstić information content (AvgIpc) is 3.29. The molecule has 0 aliphatic carbocycles. The molecule has 0 fully saturated rings. The smallest absolute Gasteiger partial charge is 0.149 e. The third-order valence-electron chi connectivity index (χ3n) is 4.60. The summed E-state index contributed by atoms with van der Waals surface area (Å²) in [4.78, 5) is 7.75. The third-order valence-corrected chi connectivity index (χ3v) is 5.42. The Morgan fingerprint density at radius 3 is 2.71 bits per heavy atom. The molecule has 4 aromatic rings. The molecule has 0 saturated carbocycles. The highest BCUT2D eigenvalue weighted by Crippen LogP contribution is 2.35. The maximum absolute atomic E-state index is 9.62. The van der Waals surface area contributed by atoms with Gasteiger partial charge in [-0.15, -0.1) is 0 Å². The Hall–Kier alpha value is -3.00. The van der Waals surface area contributed by atoms with E-state index >= 15 is 0 Å². The molecule has 138 valence electrons. The number of hydrogen-bond acceptors (Lipinski definition) is 3. The number of H-pyrrole nitrogens is 1. The zero-order valence-corrected chi connectivity index (χ0v) is 16.7. The first-order valence-electron chi connectivity index (χ1n) is 8.59. The number of furan rings is 1. The van der Waals surface area contributed by atoms with Crippen LogP contribution in [0.1, 0.15) is 22.7 Å². The number of aromatic amines is 1. The second kappa shape index (κ2) is 7.20. The van der Waals surface area contributed by atoms with Crippen molar-refractivity contribution in [1.29, 1.82) is 5.26 Å². The van der Waals surface area contributed by atoms with Crippen LogP contribution in [-0.2, 0) is 0 Å². The van der Waals surface area contributed by atoms with E-state index in [4.69, 9.17) is 27.6 Å². The number of nitrogens with one attached hydrogen (secondary N) is 1. The Balaban J connectivity index is 1.73. The predicted octanol–water partition coefficient (Wildman–Crippen LogP) is 6.81. The molecule has 4 rings (SSSR count). The van der Waals surface area contributed by atoms with Gasteiger partial charge in [0, 0.05) is 11.6 Å². The maximum atomic E-state index is 9.62. The maximum Gasteiger partial charge on any atom is 0.149 e. The molecule has 2 aromatic carbocycles. The molecule has 2 aromatic heterocycles. The van der Waals surface area contributed by atoms with Crippen LogP contribution in [0.4, 0.5) is 0 Å². The number of aryl methyl sites for hydroxylation is 2. The molecule has 0 amide bonds. The van der Waals surface area contributed by atoms with Gasteiger partial charge in [0.2, 0.25) is 0 Å². The SMILES string of the molecule is Cc1cc2nc(/C(C#N)=C/c3ccc(-c4cccc(Cl)c4Cl)o3)[nH]c2cc1C. The van der Waals surface area contributed by atoms with Gasteiger partial charge in [0.25, 0.3) is 0 Å². The first-order chi connectivity index (χ1) is 13.5. The van der Waals surface area contributed by atoms with Crippen molar-refractivity contribution in [3.8, 4) is 17.4 Å². The second-order valence-electron chi connectivity index (χ2n) is 6.51. The van der Waals surface area contributed by atoms with E-state index in [-0.39, 0.29) is 0 Å². The van der Waals surface area contributed by atoms with Crippen molar-refractivity contribution in [3.05, 3.63) is 75.2 Å². The minimum absolute atomic E-state index is 0.379. The van der Waals surface area contributed by atoms with Crippen molar-refractivity contribution in [2.45, 2.75) is 13.8 Å². The molecule has 0 bridgehead atoms. The molecule has 6 heteroatoms. The number of benzene rings is 2. The van der Waals surface area contributed by atoms with Crippen molar-refractivity contribution in [1.82, 2.24) is 9.97 Å². The second-order valence-corrected chi connectivity index (χ2v) is 7.30. The highest BCUT2D eigenvalue weighted by atomic mass is 35.5. The topological polar surface area (TPSA) is 65.6 Å². The van der Waals surface area contributed by atoms with Gasteiger partial charge < -0.3 is 9.40 Å². The number of nitriles is 1. The number of halogens is 2. The van der Waals surface area contributed by atoms with Crippen LogP contribution in [0, 0.1) is 25.2 Å². The zero-order chi connectivity index (χ0) is 19.8. The predicted molar refractivity (Wildman–Crippen MR) is 113 cm³/mol. The molecular weight excluding hydrogens is 393 g/mol. The quantitative estimate of drug-likeness (QED) is 0.379. The fourth-order valence-corrected chi connectivity index (χ4v) is 3.36. The van der Waals surface area contributed by atoms with Gasteiger partial charge in [-0.2, -0.15) is 5.26 Å². The monoisotopic (exact) mass is 407 g/mol. The fourth-order valence-electron chi connectivity index (χ4n) is 2.96. The molecule has 0 unspecified atom stereocenters. The number of nitrogens with zero attached hydrogens (tertiary/aromatic N) is 2. The molecule has 1 N–H and O–H groups in total. The van der Waals surface area contributed by atoms with Crippen molar-refractivity contribution >= 4 is 45.9 Å². The van der Waals surface area contributed by atoms with Gasteiger partial charge in [-0.25, -0.2) is 4.98 Å². The minimum Gasteiger partial charge on any atom is -0.457 e. The van der Waals surface area contributed by atoms with Crippen molar-refractivity contribution < 1.29 is 4.42 Å². The Morgan fingerprint density at radius 2 is 1.93 bits per heavy atom. The van der Waals surface area contributed by atoms with E-state index in [1.54, 1.807) is 30.3 Å². The van der Waals surface area contributed by atoms with Crippen molar-refractivity contribution in [2.75, 3.05) is 0 Å². The van der Waals surface area contributed by atoms with Crippen LogP contribution in [0.15, 0.2) is 46.9 Å². The number of rotatable bonds is 3. The van der Waals surface area contributed by atoms with Crippen LogP contribution in [0.5, 0.6) is 0 Å². The van der Waals surface area contributed by atoms with E-state index in [9.17, 15) is 5.26 Å². The first kappa shape index (κ1) is 18.4. The number of fused-ring (bicyclic) bond motifs is 1. The van der Waals surface area contributed by atoms with Crippen LogP contribution < -0.4 is 0 Å². The molecule has 0 spiro atoms. The number of imidazole rings is 1. The lowest BCUT2D eigenvalue weighted by molar-refractivity contribution is 0.572. The summed E-state index contributed by atoms with van der Waals surface area (Å²) in [6.07, 6.45) is 1.65. The molecule has 0 atom stereocenters. The van der Waals surface area contributed by atoms with Crippen LogP contribution in [0.25, 0.3) is 34.0 Å². The molecule has 4 nitrogen and oxygen atoms in total. The summed E-state index contributed by atoms with van der Waals surface area (Å²) in [6, 6.07) is 15.1. The average molecular weight is 408 g/mol. The van der Waals surface area contributed by atoms with Gasteiger partial charge >= 0.3 is 0 Å². The standard InChI is InChI=1S/C22H15Cl2N3O/c1-12-8-18-19(9-13(12)2)27-22(26-18)14(11-25)10-15-6-7-20(28-15)16-4-3-5-17(23)21(16)24/h3-10H,1-2H3,(H,26,27)/b14-10+. The van der Waals surface area contributed by atoms with Crippen molar-refractivity contribution in [2.24, 2.45) is 0 Å². The fraction of sp³-hybridized carbons (Fsp3) is 0.0909. The Labute approximate surface area is 172 Å². The summed E-state index contributed by atoms with van der Waals surface area (Å²) in [5.74, 6) is 1.60. The molecule has 0 aliphatic rings. The van der Waals surface area contributed by atoms with Gasteiger partial charge in [0.1, 0.15) is 23.4 Å². The van der Waals surface area contributed by atoms with Crippen LogP contribution in [0.2, 0.25) is 10.0 Å². The summed E-state index contributed by atoms with van der Waals surface area (Å²) in [5.41, 5.74) is 5.11. The summed E-state index contributed by atoms with van der Waals surface area (Å²) in [5, 5.41) is 10.5. The van der Waals surface area contributed by atoms with Gasteiger partial charge in [0.15, 0.2) is 0 Å². The summed E-state index contributed by atoms with van der Waals surface area (Å²) in [7, 11) is 0. The molecular formula is C22H15Cl2N3O. The normalized spacial score (nSPS) is 11.8. The van der Waals surface area contributed by atoms with E-state index in [0.29, 0.717) is 38.5 Å². The Kier molecular flexibility index (Phi) is 4.72. The Morgan fingerprint density at radius 1 is 1.14 bits per heavy atom. The van der Waals surface area contributed by atoms with Gasteiger partial charge in [-0.3, -0.25) is 0 Å². The summed E-state index contributed by atoms with van der Waals surface area (Å²) in [6.45, 7) is 4.08. The lowest BCUT2D eigenvalue weighted by Gasteiger charge is -2.02. The van der Waals surface area contributed by atoms with E-state index in [1.807, 2.05) is 32.0 Å². The number of allylic oxidation sites excluding steroid dienone is 1. The third kappa shape index (κ3) is 3.31. The van der Waals surface area contributed by atoms with Gasteiger partial charge in [0.05, 0.1) is 26.7 Å². The highest BCUT2D eigenvalue weighted by Gasteiger charge is 2.13. The van der Waals surface area contributed by atoms with Gasteiger partial charge in [-0.1, -0.05) is 29.3 Å². The zero-order valence-electron chi connectivity index (χ0n) is 15.2. The lowest BCUT2D eigenvalue weighted by atomic mass is 10.1. The minimum atomic E-state index is 0.379. The summed E-state index contributed by atoms with van der Waals surface area (Å²) >= 11 is 12.3. The molecule has 0 radical (unpaired) electrons. The molecule has 2 heterocycles.